The van der Waals surface area contributed by atoms with E-state index in [0.717, 1.165) is 16.1 Å². The molecular weight excluding hydrogens is 296 g/mol. The standard InChI is InChI=1S/C13H11F2N5S/c1-7-11(8-5-16-17-6-8)20-13(21-7)19-10-4-2-3-9(18-10)12(14)15/h2-6,12H,1H3,(H,16,17)(H,18,19,20). The van der Waals surface area contributed by atoms with E-state index in [1.807, 2.05) is 6.92 Å². The number of hydrogen-bond donors (Lipinski definition) is 2. The molecular formula is C13H11F2N5S. The summed E-state index contributed by atoms with van der Waals surface area (Å²) in [5, 5.41) is 10.2. The minimum Gasteiger partial charge on any atom is -0.316 e. The maximum Gasteiger partial charge on any atom is 0.280 e. The van der Waals surface area contributed by atoms with E-state index in [0.29, 0.717) is 10.9 Å². The fraction of sp³-hybridized carbons (Fsp3) is 0.154. The van der Waals surface area contributed by atoms with Crippen LogP contribution in [0.2, 0.25) is 0 Å². The average Bonchev–Trinajstić information content (AvgIpc) is 3.08. The number of anilines is 2. The first kappa shape index (κ1) is 13.6. The molecule has 3 heterocycles. The van der Waals surface area contributed by atoms with Gasteiger partial charge in [0, 0.05) is 16.6 Å². The van der Waals surface area contributed by atoms with Crippen molar-refractivity contribution in [1.29, 1.82) is 0 Å². The minimum absolute atomic E-state index is 0.261. The summed E-state index contributed by atoms with van der Waals surface area (Å²) in [7, 11) is 0. The lowest BCUT2D eigenvalue weighted by molar-refractivity contribution is 0.146. The van der Waals surface area contributed by atoms with E-state index in [2.05, 4.69) is 25.5 Å². The van der Waals surface area contributed by atoms with Crippen molar-refractivity contribution in [3.63, 3.8) is 0 Å². The van der Waals surface area contributed by atoms with Gasteiger partial charge in [0.1, 0.15) is 11.5 Å². The number of halogens is 2. The van der Waals surface area contributed by atoms with Crippen LogP contribution in [0.4, 0.5) is 19.7 Å². The number of rotatable bonds is 4. The van der Waals surface area contributed by atoms with Gasteiger partial charge < -0.3 is 5.32 Å². The fourth-order valence-electron chi connectivity index (χ4n) is 1.85. The summed E-state index contributed by atoms with van der Waals surface area (Å²) < 4.78 is 25.3. The molecule has 0 amide bonds. The third-order valence-corrected chi connectivity index (χ3v) is 3.68. The Kier molecular flexibility index (Phi) is 3.61. The number of alkyl halides is 2. The molecule has 3 aromatic heterocycles. The molecule has 0 saturated carbocycles. The first-order valence-electron chi connectivity index (χ1n) is 6.12. The lowest BCUT2D eigenvalue weighted by Gasteiger charge is -2.03. The third kappa shape index (κ3) is 2.89. The van der Waals surface area contributed by atoms with E-state index in [-0.39, 0.29) is 5.69 Å². The summed E-state index contributed by atoms with van der Waals surface area (Å²) in [6.07, 6.45) is 0.842. The summed E-state index contributed by atoms with van der Waals surface area (Å²) >= 11 is 1.43. The second-order valence-electron chi connectivity index (χ2n) is 4.28. The smallest absolute Gasteiger partial charge is 0.280 e. The minimum atomic E-state index is -2.59. The number of thiazole rings is 1. The number of H-pyrrole nitrogens is 1. The topological polar surface area (TPSA) is 66.5 Å². The summed E-state index contributed by atoms with van der Waals surface area (Å²) in [5.74, 6) is 0.347. The number of aromatic amines is 1. The molecule has 0 aliphatic rings. The van der Waals surface area contributed by atoms with Gasteiger partial charge in [0.05, 0.1) is 11.9 Å². The quantitative estimate of drug-likeness (QED) is 0.766. The Bertz CT molecular complexity index is 739. The molecule has 2 N–H and O–H groups in total. The Hall–Kier alpha value is -2.35. The largest absolute Gasteiger partial charge is 0.316 e. The van der Waals surface area contributed by atoms with Gasteiger partial charge in [0.15, 0.2) is 5.13 Å². The van der Waals surface area contributed by atoms with Crippen molar-refractivity contribution in [2.24, 2.45) is 0 Å². The normalized spacial score (nSPS) is 11.0. The zero-order chi connectivity index (χ0) is 14.8. The predicted molar refractivity (Wildman–Crippen MR) is 76.9 cm³/mol. The zero-order valence-corrected chi connectivity index (χ0v) is 11.8. The van der Waals surface area contributed by atoms with E-state index < -0.39 is 6.43 Å². The number of pyridine rings is 1. The lowest BCUT2D eigenvalue weighted by Crippen LogP contribution is -1.96. The highest BCUT2D eigenvalue weighted by molar-refractivity contribution is 7.16. The van der Waals surface area contributed by atoms with Crippen LogP contribution in [0.5, 0.6) is 0 Å². The SMILES string of the molecule is Cc1sc(Nc2cccc(C(F)F)n2)nc1-c1cn[nH]c1. The van der Waals surface area contributed by atoms with Crippen LogP contribution in [0.25, 0.3) is 11.3 Å². The highest BCUT2D eigenvalue weighted by Gasteiger charge is 2.13. The van der Waals surface area contributed by atoms with Crippen LogP contribution in [0, 0.1) is 6.92 Å². The highest BCUT2D eigenvalue weighted by atomic mass is 32.1. The van der Waals surface area contributed by atoms with Gasteiger partial charge in [-0.1, -0.05) is 6.07 Å². The van der Waals surface area contributed by atoms with Crippen molar-refractivity contribution in [2.75, 3.05) is 5.32 Å². The van der Waals surface area contributed by atoms with Gasteiger partial charge in [0.2, 0.25) is 0 Å². The summed E-state index contributed by atoms with van der Waals surface area (Å²) in [5.41, 5.74) is 1.43. The second-order valence-corrected chi connectivity index (χ2v) is 5.49. The molecule has 5 nitrogen and oxygen atoms in total. The Morgan fingerprint density at radius 2 is 2.14 bits per heavy atom. The molecule has 0 aliphatic carbocycles. The molecule has 8 heteroatoms. The lowest BCUT2D eigenvalue weighted by atomic mass is 10.2. The van der Waals surface area contributed by atoms with Gasteiger partial charge in [-0.3, -0.25) is 5.10 Å². The van der Waals surface area contributed by atoms with Crippen LogP contribution >= 0.6 is 11.3 Å². The van der Waals surface area contributed by atoms with Gasteiger partial charge in [0.25, 0.3) is 6.43 Å². The first-order valence-corrected chi connectivity index (χ1v) is 6.94. The van der Waals surface area contributed by atoms with Crippen molar-refractivity contribution in [2.45, 2.75) is 13.3 Å². The van der Waals surface area contributed by atoms with Crippen LogP contribution in [0.15, 0.2) is 30.6 Å². The Morgan fingerprint density at radius 3 is 2.86 bits per heavy atom. The van der Waals surface area contributed by atoms with E-state index in [9.17, 15) is 8.78 Å². The van der Waals surface area contributed by atoms with E-state index in [1.165, 1.54) is 23.5 Å². The zero-order valence-electron chi connectivity index (χ0n) is 11.0. The van der Waals surface area contributed by atoms with Crippen LogP contribution in [0.3, 0.4) is 0 Å². The maximum atomic E-state index is 12.6. The molecule has 3 aromatic rings. The number of nitrogens with zero attached hydrogens (tertiary/aromatic N) is 3. The van der Waals surface area contributed by atoms with Crippen molar-refractivity contribution in [3.8, 4) is 11.3 Å². The Balaban J connectivity index is 1.86. The van der Waals surface area contributed by atoms with Gasteiger partial charge >= 0.3 is 0 Å². The van der Waals surface area contributed by atoms with Crippen LogP contribution < -0.4 is 5.32 Å². The van der Waals surface area contributed by atoms with Crippen molar-refractivity contribution < 1.29 is 8.78 Å². The molecule has 0 aromatic carbocycles. The molecule has 0 atom stereocenters. The average molecular weight is 307 g/mol. The Labute approximate surface area is 123 Å². The third-order valence-electron chi connectivity index (χ3n) is 2.80. The number of aryl methyl sites for hydroxylation is 1. The maximum absolute atomic E-state index is 12.6. The molecule has 0 spiro atoms. The number of aromatic nitrogens is 4. The van der Waals surface area contributed by atoms with Crippen molar-refractivity contribution >= 4 is 22.3 Å². The molecule has 108 valence electrons. The van der Waals surface area contributed by atoms with E-state index in [4.69, 9.17) is 0 Å². The monoisotopic (exact) mass is 307 g/mol. The fourth-order valence-corrected chi connectivity index (χ4v) is 2.69. The highest BCUT2D eigenvalue weighted by Crippen LogP contribution is 2.31. The molecule has 0 bridgehead atoms. The van der Waals surface area contributed by atoms with Crippen LogP contribution in [-0.2, 0) is 0 Å². The first-order chi connectivity index (χ1) is 10.1. The van der Waals surface area contributed by atoms with Crippen molar-refractivity contribution in [1.82, 2.24) is 20.2 Å². The van der Waals surface area contributed by atoms with Gasteiger partial charge in [-0.2, -0.15) is 5.10 Å². The van der Waals surface area contributed by atoms with Gasteiger partial charge in [-0.15, -0.1) is 11.3 Å². The molecule has 0 radical (unpaired) electrons. The van der Waals surface area contributed by atoms with Crippen LogP contribution in [-0.4, -0.2) is 20.2 Å². The van der Waals surface area contributed by atoms with E-state index in [1.54, 1.807) is 18.5 Å². The summed E-state index contributed by atoms with van der Waals surface area (Å²) in [6, 6.07) is 4.45. The molecule has 21 heavy (non-hydrogen) atoms. The molecule has 3 rings (SSSR count). The van der Waals surface area contributed by atoms with Gasteiger partial charge in [-0.05, 0) is 19.1 Å². The number of hydrogen-bond acceptors (Lipinski definition) is 5. The molecule has 0 fully saturated rings. The van der Waals surface area contributed by atoms with Crippen LogP contribution in [0.1, 0.15) is 17.0 Å². The molecule has 0 aliphatic heterocycles. The summed E-state index contributed by atoms with van der Waals surface area (Å²) in [6.45, 7) is 1.94. The van der Waals surface area contributed by atoms with Gasteiger partial charge in [-0.25, -0.2) is 18.7 Å². The Morgan fingerprint density at radius 1 is 1.29 bits per heavy atom. The predicted octanol–water partition coefficient (Wildman–Crippen LogP) is 3.92. The molecule has 0 saturated heterocycles. The summed E-state index contributed by atoms with van der Waals surface area (Å²) in [4.78, 5) is 9.30. The number of nitrogens with one attached hydrogen (secondary N) is 2. The van der Waals surface area contributed by atoms with Crippen molar-refractivity contribution in [3.05, 3.63) is 41.2 Å². The van der Waals surface area contributed by atoms with E-state index >= 15 is 0 Å². The second kappa shape index (κ2) is 5.57. The molecule has 0 unspecified atom stereocenters.